The molecule has 1 unspecified atom stereocenters. The molecule has 6 N–H and O–H groups in total. The summed E-state index contributed by atoms with van der Waals surface area (Å²) in [6.45, 7) is 0. The van der Waals surface area contributed by atoms with Crippen molar-refractivity contribution in [2.24, 2.45) is 27.6 Å². The molecule has 3 amide bonds. The van der Waals surface area contributed by atoms with Crippen LogP contribution in [0.5, 0.6) is 5.75 Å². The van der Waals surface area contributed by atoms with Crippen molar-refractivity contribution in [2.45, 2.75) is 0 Å². The molecule has 1 heterocycles. The van der Waals surface area contributed by atoms with Crippen LogP contribution in [0.1, 0.15) is 10.4 Å². The summed E-state index contributed by atoms with van der Waals surface area (Å²) in [7, 11) is 0. The molecule has 1 aliphatic heterocycles. The van der Waals surface area contributed by atoms with E-state index in [1.54, 1.807) is 54.6 Å². The van der Waals surface area contributed by atoms with Crippen molar-refractivity contribution in [1.82, 2.24) is 5.43 Å². The molecule has 0 spiro atoms. The number of rotatable bonds is 5. The SMILES string of the molecule is NC(=O)/C(=N\NC(=O)c1cc2ccccc2cc1O)C1C(=O)N(c2ccccc2)N=C1N. The maximum absolute atomic E-state index is 12.9. The van der Waals surface area contributed by atoms with E-state index in [1.165, 1.54) is 12.1 Å². The topological polar surface area (TPSA) is 163 Å². The Kier molecular flexibility index (Phi) is 5.25. The number of para-hydroxylation sites is 1. The monoisotopic (exact) mass is 430 g/mol. The molecular formula is C22H18N6O4. The second-order valence-corrected chi connectivity index (χ2v) is 6.96. The van der Waals surface area contributed by atoms with Crippen molar-refractivity contribution in [1.29, 1.82) is 0 Å². The van der Waals surface area contributed by atoms with Gasteiger partial charge in [-0.15, -0.1) is 0 Å². The molecule has 10 heteroatoms. The summed E-state index contributed by atoms with van der Waals surface area (Å²) in [4.78, 5) is 37.5. The van der Waals surface area contributed by atoms with E-state index in [9.17, 15) is 19.5 Å². The zero-order valence-electron chi connectivity index (χ0n) is 16.6. The van der Waals surface area contributed by atoms with E-state index < -0.39 is 29.4 Å². The van der Waals surface area contributed by atoms with Gasteiger partial charge in [-0.3, -0.25) is 14.4 Å². The molecule has 0 bridgehead atoms. The maximum Gasteiger partial charge on any atom is 0.275 e. The summed E-state index contributed by atoms with van der Waals surface area (Å²) < 4.78 is 0. The van der Waals surface area contributed by atoms with Gasteiger partial charge in [0.15, 0.2) is 0 Å². The molecule has 3 aromatic rings. The largest absolute Gasteiger partial charge is 0.507 e. The average Bonchev–Trinajstić information content (AvgIpc) is 3.08. The molecular weight excluding hydrogens is 412 g/mol. The van der Waals surface area contributed by atoms with Crippen molar-refractivity contribution < 1.29 is 19.5 Å². The van der Waals surface area contributed by atoms with Gasteiger partial charge in [-0.05, 0) is 35.0 Å². The van der Waals surface area contributed by atoms with Gasteiger partial charge in [0, 0.05) is 0 Å². The number of carbonyl (C=O) groups excluding carboxylic acids is 3. The highest BCUT2D eigenvalue weighted by Gasteiger charge is 2.41. The van der Waals surface area contributed by atoms with Crippen molar-refractivity contribution in [2.75, 3.05) is 5.01 Å². The minimum atomic E-state index is -1.36. The first-order chi connectivity index (χ1) is 15.4. The molecule has 0 aromatic heterocycles. The molecule has 0 aliphatic carbocycles. The number of aromatic hydroxyl groups is 1. The number of amidine groups is 1. The third-order valence-electron chi connectivity index (χ3n) is 4.88. The number of hydrazone groups is 2. The first-order valence-corrected chi connectivity index (χ1v) is 9.49. The predicted octanol–water partition coefficient (Wildman–Crippen LogP) is 1.05. The number of nitrogens with two attached hydrogens (primary N) is 2. The number of benzene rings is 3. The summed E-state index contributed by atoms with van der Waals surface area (Å²) >= 11 is 0. The number of fused-ring (bicyclic) bond motifs is 1. The quantitative estimate of drug-likeness (QED) is 0.351. The van der Waals surface area contributed by atoms with Crippen LogP contribution in [0.15, 0.2) is 76.9 Å². The van der Waals surface area contributed by atoms with Crippen molar-refractivity contribution in [3.05, 3.63) is 72.3 Å². The summed E-state index contributed by atoms with van der Waals surface area (Å²) in [5.41, 5.74) is 13.3. The molecule has 0 fully saturated rings. The smallest absolute Gasteiger partial charge is 0.275 e. The van der Waals surface area contributed by atoms with Crippen LogP contribution in [-0.2, 0) is 9.59 Å². The van der Waals surface area contributed by atoms with Crippen LogP contribution >= 0.6 is 0 Å². The van der Waals surface area contributed by atoms with Crippen molar-refractivity contribution in [3.8, 4) is 5.75 Å². The van der Waals surface area contributed by atoms with Crippen LogP contribution in [0.25, 0.3) is 10.8 Å². The molecule has 4 rings (SSSR count). The van der Waals surface area contributed by atoms with Gasteiger partial charge in [0.05, 0.1) is 11.3 Å². The number of carbonyl (C=O) groups is 3. The van der Waals surface area contributed by atoms with E-state index in [1.807, 2.05) is 0 Å². The lowest BCUT2D eigenvalue weighted by atomic mass is 10.0. The van der Waals surface area contributed by atoms with E-state index in [2.05, 4.69) is 15.6 Å². The van der Waals surface area contributed by atoms with Gasteiger partial charge in [0.1, 0.15) is 23.2 Å². The van der Waals surface area contributed by atoms with Crippen molar-refractivity contribution >= 4 is 45.7 Å². The molecule has 0 saturated heterocycles. The lowest BCUT2D eigenvalue weighted by molar-refractivity contribution is -0.119. The molecule has 1 aliphatic rings. The van der Waals surface area contributed by atoms with E-state index in [4.69, 9.17) is 11.5 Å². The number of nitrogens with zero attached hydrogens (tertiary/aromatic N) is 3. The summed E-state index contributed by atoms with van der Waals surface area (Å²) in [5, 5.41) is 20.5. The van der Waals surface area contributed by atoms with Gasteiger partial charge in [0.2, 0.25) is 0 Å². The van der Waals surface area contributed by atoms with Crippen LogP contribution in [0, 0.1) is 5.92 Å². The Morgan fingerprint density at radius 2 is 1.66 bits per heavy atom. The van der Waals surface area contributed by atoms with Crippen LogP contribution < -0.4 is 21.9 Å². The molecule has 0 saturated carbocycles. The average molecular weight is 430 g/mol. The molecule has 0 radical (unpaired) electrons. The minimum Gasteiger partial charge on any atom is -0.507 e. The summed E-state index contributed by atoms with van der Waals surface area (Å²) in [5.74, 6) is -4.33. The van der Waals surface area contributed by atoms with Gasteiger partial charge >= 0.3 is 0 Å². The van der Waals surface area contributed by atoms with Gasteiger partial charge in [0.25, 0.3) is 17.7 Å². The number of nitrogens with one attached hydrogen (secondary N) is 1. The van der Waals surface area contributed by atoms with Crippen LogP contribution in [-0.4, -0.2) is 34.4 Å². The third kappa shape index (κ3) is 3.72. The Bertz CT molecular complexity index is 1300. The van der Waals surface area contributed by atoms with Gasteiger partial charge in [-0.2, -0.15) is 15.2 Å². The number of primary amides is 1. The Labute approximate surface area is 181 Å². The van der Waals surface area contributed by atoms with Crippen LogP contribution in [0.4, 0.5) is 5.69 Å². The minimum absolute atomic E-state index is 0.0680. The van der Waals surface area contributed by atoms with E-state index in [-0.39, 0.29) is 17.1 Å². The Balaban J connectivity index is 1.61. The third-order valence-corrected chi connectivity index (χ3v) is 4.88. The summed E-state index contributed by atoms with van der Waals surface area (Å²) in [6.07, 6.45) is 0. The second kappa shape index (κ2) is 8.19. The number of hydrogen-bond acceptors (Lipinski definition) is 7. The molecule has 3 aromatic carbocycles. The zero-order chi connectivity index (χ0) is 22.8. The van der Waals surface area contributed by atoms with Gasteiger partial charge in [-0.25, -0.2) is 5.43 Å². The second-order valence-electron chi connectivity index (χ2n) is 6.96. The molecule has 1 atom stereocenters. The lowest BCUT2D eigenvalue weighted by Gasteiger charge is -2.14. The van der Waals surface area contributed by atoms with Gasteiger partial charge in [-0.1, -0.05) is 42.5 Å². The molecule has 32 heavy (non-hydrogen) atoms. The fourth-order valence-electron chi connectivity index (χ4n) is 3.33. The normalized spacial score (nSPS) is 16.2. The molecule has 160 valence electrons. The Morgan fingerprint density at radius 3 is 2.31 bits per heavy atom. The number of anilines is 1. The highest BCUT2D eigenvalue weighted by atomic mass is 16.3. The zero-order valence-corrected chi connectivity index (χ0v) is 16.6. The fourth-order valence-corrected chi connectivity index (χ4v) is 3.33. The first kappa shape index (κ1) is 20.5. The Hall–Kier alpha value is -4.73. The standard InChI is InChI=1S/C22H18N6O4/c23-19-17(22(32)28(27-19)14-8-2-1-3-9-14)18(20(24)30)25-26-21(31)15-10-12-6-4-5-7-13(12)11-16(15)29/h1-11,17,29H,(H2,23,27)(H2,24,30)(H,26,31)/b25-18-. The van der Waals surface area contributed by atoms with Gasteiger partial charge < -0.3 is 16.6 Å². The number of phenols is 1. The Morgan fingerprint density at radius 1 is 1.03 bits per heavy atom. The highest BCUT2D eigenvalue weighted by molar-refractivity contribution is 6.49. The predicted molar refractivity (Wildman–Crippen MR) is 119 cm³/mol. The van der Waals surface area contributed by atoms with E-state index in [0.29, 0.717) is 5.69 Å². The van der Waals surface area contributed by atoms with E-state index in [0.717, 1.165) is 15.8 Å². The first-order valence-electron chi connectivity index (χ1n) is 9.49. The van der Waals surface area contributed by atoms with Crippen molar-refractivity contribution in [3.63, 3.8) is 0 Å². The lowest BCUT2D eigenvalue weighted by Crippen LogP contribution is -2.43. The number of hydrogen-bond donors (Lipinski definition) is 4. The number of amides is 3. The van der Waals surface area contributed by atoms with Crippen LogP contribution in [0.2, 0.25) is 0 Å². The fraction of sp³-hybridized carbons (Fsp3) is 0.0455. The maximum atomic E-state index is 12.9. The molecule has 10 nitrogen and oxygen atoms in total. The number of phenolic OH excluding ortho intramolecular Hbond substituents is 1. The summed E-state index contributed by atoms with van der Waals surface area (Å²) in [6, 6.07) is 18.5. The van der Waals surface area contributed by atoms with E-state index >= 15 is 0 Å². The highest BCUT2D eigenvalue weighted by Crippen LogP contribution is 2.25. The van der Waals surface area contributed by atoms with Crippen LogP contribution in [0.3, 0.4) is 0 Å².